The highest BCUT2D eigenvalue weighted by molar-refractivity contribution is 6.29. The molecule has 3 heterocycles. The van der Waals surface area contributed by atoms with Crippen molar-refractivity contribution in [3.8, 4) is 39.5 Å². The van der Waals surface area contributed by atoms with Gasteiger partial charge in [0, 0.05) is 50.3 Å². The molecule has 0 N–H and O–H groups in total. The quantitative estimate of drug-likeness (QED) is 0.176. The van der Waals surface area contributed by atoms with Gasteiger partial charge in [-0.15, -0.1) is 0 Å². The van der Waals surface area contributed by atoms with Gasteiger partial charge in [0.1, 0.15) is 5.82 Å². The third kappa shape index (κ3) is 4.32. The molecule has 7 aromatic carbocycles. The van der Waals surface area contributed by atoms with Crippen LogP contribution >= 0.6 is 0 Å². The van der Waals surface area contributed by atoms with Crippen LogP contribution in [0.25, 0.3) is 94.0 Å². The van der Waals surface area contributed by atoms with E-state index in [1.165, 1.54) is 32.6 Å². The first-order valence-corrected chi connectivity index (χ1v) is 17.2. The number of para-hydroxylation sites is 5. The smallest absolute Gasteiger partial charge is 0.141 e. The molecule has 10 aromatic rings. The average molecular weight is 641 g/mol. The van der Waals surface area contributed by atoms with Gasteiger partial charge in [0.05, 0.1) is 33.3 Å². The number of benzene rings is 7. The maximum atomic E-state index is 5.30. The predicted octanol–water partition coefficient (Wildman–Crippen LogP) is 11.9. The lowest BCUT2D eigenvalue weighted by molar-refractivity contribution is 0.796. The maximum absolute atomic E-state index is 5.30. The van der Waals surface area contributed by atoms with Crippen molar-refractivity contribution in [1.29, 1.82) is 0 Å². The molecule has 4 heteroatoms. The lowest BCUT2D eigenvalue weighted by Crippen LogP contribution is -1.97. The van der Waals surface area contributed by atoms with Crippen LogP contribution in [0.15, 0.2) is 164 Å². The van der Waals surface area contributed by atoms with E-state index < -0.39 is 0 Å². The van der Waals surface area contributed by atoms with Crippen LogP contribution in [0.2, 0.25) is 0 Å². The second kappa shape index (κ2) is 11.3. The maximum Gasteiger partial charge on any atom is 0.141 e. The number of hydrogen-bond donors (Lipinski definition) is 0. The molecule has 50 heavy (non-hydrogen) atoms. The molecule has 0 aliphatic heterocycles. The Morgan fingerprint density at radius 1 is 0.440 bits per heavy atom. The Labute approximate surface area is 289 Å². The molecule has 0 aliphatic rings. The Hall–Kier alpha value is -6.52. The minimum atomic E-state index is 0.862. The number of rotatable bonds is 5. The zero-order valence-corrected chi connectivity index (χ0v) is 27.6. The Morgan fingerprint density at radius 2 is 1.12 bits per heavy atom. The van der Waals surface area contributed by atoms with Crippen LogP contribution in [0.5, 0.6) is 0 Å². The van der Waals surface area contributed by atoms with Crippen LogP contribution in [0.3, 0.4) is 0 Å². The van der Waals surface area contributed by atoms with Crippen LogP contribution in [0.1, 0.15) is 6.92 Å². The lowest BCUT2D eigenvalue weighted by atomic mass is 9.95. The Morgan fingerprint density at radius 3 is 1.94 bits per heavy atom. The van der Waals surface area contributed by atoms with E-state index in [1.54, 1.807) is 0 Å². The summed E-state index contributed by atoms with van der Waals surface area (Å²) in [5, 5.41) is 6.06. The van der Waals surface area contributed by atoms with Gasteiger partial charge < -0.3 is 9.13 Å². The average Bonchev–Trinajstić information content (AvgIpc) is 3.74. The van der Waals surface area contributed by atoms with Crippen molar-refractivity contribution < 1.29 is 0 Å². The molecule has 4 nitrogen and oxygen atoms in total. The summed E-state index contributed by atoms with van der Waals surface area (Å²) in [6.07, 6.45) is 0. The fraction of sp³-hybridized carbons (Fsp3) is 0.0435. The highest BCUT2D eigenvalue weighted by Gasteiger charge is 2.19. The summed E-state index contributed by atoms with van der Waals surface area (Å²) >= 11 is 0. The molecule has 236 valence electrons. The van der Waals surface area contributed by atoms with Gasteiger partial charge >= 0.3 is 0 Å². The number of imidazole rings is 1. The van der Waals surface area contributed by atoms with Gasteiger partial charge in [0.15, 0.2) is 0 Å². The van der Waals surface area contributed by atoms with E-state index >= 15 is 0 Å². The molecule has 0 fully saturated rings. The molecule has 0 saturated carbocycles. The Kier molecular flexibility index (Phi) is 6.43. The molecule has 3 aromatic heterocycles. The fourth-order valence-electron chi connectivity index (χ4n) is 7.85. The van der Waals surface area contributed by atoms with Crippen molar-refractivity contribution in [2.45, 2.75) is 13.5 Å². The van der Waals surface area contributed by atoms with Crippen LogP contribution in [0, 0.1) is 0 Å². The van der Waals surface area contributed by atoms with Crippen molar-refractivity contribution in [1.82, 2.24) is 19.1 Å². The van der Waals surface area contributed by atoms with Crippen molar-refractivity contribution in [3.05, 3.63) is 164 Å². The highest BCUT2D eigenvalue weighted by Crippen LogP contribution is 2.42. The largest absolute Gasteiger partial charge is 0.324 e. The summed E-state index contributed by atoms with van der Waals surface area (Å²) in [7, 11) is 0. The van der Waals surface area contributed by atoms with Crippen molar-refractivity contribution in [2.24, 2.45) is 0 Å². The summed E-state index contributed by atoms with van der Waals surface area (Å²) in [5.74, 6) is 0.999. The normalized spacial score (nSPS) is 11.8. The first-order valence-electron chi connectivity index (χ1n) is 17.2. The van der Waals surface area contributed by atoms with E-state index in [9.17, 15) is 0 Å². The molecule has 10 rings (SSSR count). The van der Waals surface area contributed by atoms with E-state index in [0.717, 1.165) is 67.9 Å². The molecule has 0 unspecified atom stereocenters. The minimum Gasteiger partial charge on any atom is -0.324 e. The van der Waals surface area contributed by atoms with Gasteiger partial charge in [-0.2, -0.15) is 0 Å². The van der Waals surface area contributed by atoms with Crippen molar-refractivity contribution in [2.75, 3.05) is 0 Å². The zero-order chi connectivity index (χ0) is 33.2. The van der Waals surface area contributed by atoms with E-state index in [1.807, 2.05) is 0 Å². The number of aryl methyl sites for hydroxylation is 1. The summed E-state index contributed by atoms with van der Waals surface area (Å²) in [5.41, 5.74) is 12.3. The molecule has 0 atom stereocenters. The summed E-state index contributed by atoms with van der Waals surface area (Å²) < 4.78 is 4.68. The molecule has 0 bridgehead atoms. The topological polar surface area (TPSA) is 35.6 Å². The SMILES string of the molecule is CCn1c(-c2cccc(-c3ccc(-c4nc5ccccc5c5c4ccc4c5c5ccccc5n4-c4ccccc4)cc3)c2)nc2ccccc21. The summed E-state index contributed by atoms with van der Waals surface area (Å²) in [4.78, 5) is 10.3. The van der Waals surface area contributed by atoms with E-state index in [4.69, 9.17) is 9.97 Å². The molecule has 0 radical (unpaired) electrons. The van der Waals surface area contributed by atoms with Gasteiger partial charge in [-0.25, -0.2) is 9.97 Å². The van der Waals surface area contributed by atoms with Crippen LogP contribution in [-0.4, -0.2) is 19.1 Å². The Bertz CT molecular complexity index is 2900. The lowest BCUT2D eigenvalue weighted by Gasteiger charge is -2.13. The Balaban J connectivity index is 1.14. The van der Waals surface area contributed by atoms with Crippen molar-refractivity contribution in [3.63, 3.8) is 0 Å². The zero-order valence-electron chi connectivity index (χ0n) is 27.6. The summed E-state index contributed by atoms with van der Waals surface area (Å²) in [6, 6.07) is 58.5. The summed E-state index contributed by atoms with van der Waals surface area (Å²) in [6.45, 7) is 3.04. The van der Waals surface area contributed by atoms with Gasteiger partial charge in [-0.1, -0.05) is 115 Å². The highest BCUT2D eigenvalue weighted by atomic mass is 15.1. The van der Waals surface area contributed by atoms with Crippen molar-refractivity contribution >= 4 is 54.5 Å². The number of nitrogens with zero attached hydrogens (tertiary/aromatic N) is 4. The first kappa shape index (κ1) is 28.5. The fourth-order valence-corrected chi connectivity index (χ4v) is 7.85. The molecule has 0 spiro atoms. The monoisotopic (exact) mass is 640 g/mol. The van der Waals surface area contributed by atoms with E-state index in [0.29, 0.717) is 0 Å². The van der Waals surface area contributed by atoms with Gasteiger partial charge in [0.25, 0.3) is 0 Å². The van der Waals surface area contributed by atoms with Gasteiger partial charge in [-0.05, 0) is 66.6 Å². The van der Waals surface area contributed by atoms with E-state index in [-0.39, 0.29) is 0 Å². The van der Waals surface area contributed by atoms with Gasteiger partial charge in [-0.3, -0.25) is 0 Å². The molecular weight excluding hydrogens is 609 g/mol. The number of fused-ring (bicyclic) bond motifs is 8. The van der Waals surface area contributed by atoms with E-state index in [2.05, 4.69) is 180 Å². The minimum absolute atomic E-state index is 0.862. The molecular formula is C46H32N4. The second-order valence-corrected chi connectivity index (χ2v) is 12.9. The van der Waals surface area contributed by atoms with Crippen LogP contribution in [-0.2, 0) is 6.54 Å². The first-order chi connectivity index (χ1) is 24.8. The standard InChI is InChI=1S/C46H32N4/c1-2-49-41-22-11-9-20-39(41)48-46(49)33-14-12-13-32(29-33)30-23-25-31(26-24-30)45-37-27-28-42-44(43(37)35-17-6-8-19-38(35)47-45)36-18-7-10-21-40(36)50(42)34-15-4-3-5-16-34/h3-29H,2H2,1H3. The molecule has 0 aliphatic carbocycles. The third-order valence-corrected chi connectivity index (χ3v) is 10.1. The van der Waals surface area contributed by atoms with Crippen LogP contribution in [0.4, 0.5) is 0 Å². The third-order valence-electron chi connectivity index (χ3n) is 10.1. The van der Waals surface area contributed by atoms with Crippen LogP contribution < -0.4 is 0 Å². The second-order valence-electron chi connectivity index (χ2n) is 12.9. The predicted molar refractivity (Wildman–Crippen MR) is 209 cm³/mol. The molecule has 0 amide bonds. The number of aromatic nitrogens is 4. The molecule has 0 saturated heterocycles. The number of pyridine rings is 1. The number of hydrogen-bond acceptors (Lipinski definition) is 2. The van der Waals surface area contributed by atoms with Gasteiger partial charge in [0.2, 0.25) is 0 Å².